The highest BCUT2D eigenvalue weighted by Crippen LogP contribution is 2.40. The summed E-state index contributed by atoms with van der Waals surface area (Å²) >= 11 is 2.09. The summed E-state index contributed by atoms with van der Waals surface area (Å²) in [5.74, 6) is 1.45. The molecule has 0 atom stereocenters. The molecule has 0 radical (unpaired) electrons. The van der Waals surface area contributed by atoms with Crippen molar-refractivity contribution in [3.63, 3.8) is 0 Å². The minimum absolute atomic E-state index is 0.248. The fourth-order valence-electron chi connectivity index (χ4n) is 2.17. The van der Waals surface area contributed by atoms with E-state index < -0.39 is 0 Å². The van der Waals surface area contributed by atoms with Crippen LogP contribution in [0.15, 0.2) is 24.3 Å². The number of hydrogen-bond donors (Lipinski definition) is 2. The summed E-state index contributed by atoms with van der Waals surface area (Å²) < 4.78 is 14.9. The zero-order chi connectivity index (χ0) is 15.7. The fourth-order valence-corrected chi connectivity index (χ4v) is 2.62. The van der Waals surface area contributed by atoms with E-state index in [1.807, 2.05) is 26.0 Å². The second-order valence-corrected chi connectivity index (χ2v) is 7.07. The minimum atomic E-state index is -0.281. The Balaban J connectivity index is 1.89. The molecule has 6 heteroatoms. The normalized spacial score (nSPS) is 14.2. The van der Waals surface area contributed by atoms with Gasteiger partial charge in [-0.15, -0.1) is 0 Å². The summed E-state index contributed by atoms with van der Waals surface area (Å²) in [6.07, 6.45) is 2.32. The SMILES string of the molecule is CC(C)Nc1nc(Nc2ccc(I)cc2F)cc(C2CC2)n1. The average Bonchev–Trinajstić information content (AvgIpc) is 3.25. The fraction of sp³-hybridized carbons (Fsp3) is 0.375. The highest BCUT2D eigenvalue weighted by molar-refractivity contribution is 14.1. The smallest absolute Gasteiger partial charge is 0.225 e. The Bertz CT molecular complexity index is 686. The van der Waals surface area contributed by atoms with Crippen LogP contribution in [0.25, 0.3) is 0 Å². The zero-order valence-corrected chi connectivity index (χ0v) is 14.7. The summed E-state index contributed by atoms with van der Waals surface area (Å²) in [6.45, 7) is 4.08. The Morgan fingerprint density at radius 1 is 1.23 bits per heavy atom. The van der Waals surface area contributed by atoms with Gasteiger partial charge in [0.25, 0.3) is 0 Å². The Labute approximate surface area is 143 Å². The lowest BCUT2D eigenvalue weighted by Gasteiger charge is -2.13. The topological polar surface area (TPSA) is 49.8 Å². The molecule has 0 aliphatic heterocycles. The van der Waals surface area contributed by atoms with Crippen LogP contribution in [0, 0.1) is 9.39 Å². The highest BCUT2D eigenvalue weighted by atomic mass is 127. The summed E-state index contributed by atoms with van der Waals surface area (Å²) in [5.41, 5.74) is 1.45. The Hall–Kier alpha value is -1.44. The van der Waals surface area contributed by atoms with Gasteiger partial charge >= 0.3 is 0 Å². The first kappa shape index (κ1) is 15.5. The van der Waals surface area contributed by atoms with Crippen LogP contribution in [0.3, 0.4) is 0 Å². The largest absolute Gasteiger partial charge is 0.352 e. The van der Waals surface area contributed by atoms with Gasteiger partial charge in [-0.2, -0.15) is 4.98 Å². The number of nitrogens with zero attached hydrogens (tertiary/aromatic N) is 2. The molecule has 1 heterocycles. The van der Waals surface area contributed by atoms with Gasteiger partial charge in [0.05, 0.1) is 11.4 Å². The van der Waals surface area contributed by atoms with Gasteiger partial charge in [0.2, 0.25) is 5.95 Å². The van der Waals surface area contributed by atoms with E-state index in [2.05, 4.69) is 43.2 Å². The van der Waals surface area contributed by atoms with Crippen molar-refractivity contribution in [2.24, 2.45) is 0 Å². The van der Waals surface area contributed by atoms with Crippen LogP contribution in [-0.2, 0) is 0 Å². The average molecular weight is 412 g/mol. The molecule has 1 aromatic carbocycles. The molecule has 3 rings (SSSR count). The number of rotatable bonds is 5. The van der Waals surface area contributed by atoms with Crippen LogP contribution in [0.5, 0.6) is 0 Å². The van der Waals surface area contributed by atoms with E-state index in [4.69, 9.17) is 0 Å². The lowest BCUT2D eigenvalue weighted by Crippen LogP contribution is -2.14. The van der Waals surface area contributed by atoms with E-state index in [0.29, 0.717) is 23.4 Å². The maximum absolute atomic E-state index is 14.0. The van der Waals surface area contributed by atoms with Crippen molar-refractivity contribution in [2.45, 2.75) is 38.6 Å². The molecule has 0 bridgehead atoms. The first-order valence-electron chi connectivity index (χ1n) is 7.39. The molecule has 22 heavy (non-hydrogen) atoms. The van der Waals surface area contributed by atoms with Crippen LogP contribution in [-0.4, -0.2) is 16.0 Å². The number of aromatic nitrogens is 2. The monoisotopic (exact) mass is 412 g/mol. The molecular formula is C16H18FIN4. The summed E-state index contributed by atoms with van der Waals surface area (Å²) in [5, 5.41) is 6.29. The summed E-state index contributed by atoms with van der Waals surface area (Å²) in [4.78, 5) is 9.00. The van der Waals surface area contributed by atoms with Crippen molar-refractivity contribution < 1.29 is 4.39 Å². The molecule has 1 aliphatic carbocycles. The standard InChI is InChI=1S/C16H18FIN4/c1-9(2)19-16-21-14(10-3-4-10)8-15(22-16)20-13-6-5-11(18)7-12(13)17/h5-10H,3-4H2,1-2H3,(H2,19,20,21,22). The molecule has 4 nitrogen and oxygen atoms in total. The van der Waals surface area contributed by atoms with Crippen molar-refractivity contribution in [1.82, 2.24) is 9.97 Å². The van der Waals surface area contributed by atoms with E-state index in [9.17, 15) is 4.39 Å². The third-order valence-corrected chi connectivity index (χ3v) is 4.02. The van der Waals surface area contributed by atoms with E-state index in [-0.39, 0.29) is 11.9 Å². The third-order valence-electron chi connectivity index (χ3n) is 3.35. The first-order chi connectivity index (χ1) is 10.5. The van der Waals surface area contributed by atoms with Crippen LogP contribution in [0.4, 0.5) is 21.8 Å². The predicted octanol–water partition coefficient (Wildman–Crippen LogP) is 4.66. The van der Waals surface area contributed by atoms with Gasteiger partial charge < -0.3 is 10.6 Å². The predicted molar refractivity (Wildman–Crippen MR) is 95.2 cm³/mol. The van der Waals surface area contributed by atoms with Gasteiger partial charge in [-0.05, 0) is 67.5 Å². The Kier molecular flexibility index (Phi) is 4.46. The summed E-state index contributed by atoms with van der Waals surface area (Å²) in [6, 6.07) is 7.26. The van der Waals surface area contributed by atoms with Crippen molar-refractivity contribution >= 4 is 40.0 Å². The van der Waals surface area contributed by atoms with E-state index in [0.717, 1.165) is 22.1 Å². The van der Waals surface area contributed by atoms with Crippen molar-refractivity contribution in [1.29, 1.82) is 0 Å². The second-order valence-electron chi connectivity index (χ2n) is 5.82. The van der Waals surface area contributed by atoms with Gasteiger partial charge in [0, 0.05) is 21.6 Å². The molecule has 1 fully saturated rings. The molecule has 1 aliphatic rings. The quantitative estimate of drug-likeness (QED) is 0.702. The van der Waals surface area contributed by atoms with Crippen LogP contribution >= 0.6 is 22.6 Å². The number of halogens is 2. The van der Waals surface area contributed by atoms with Gasteiger partial charge in [0.1, 0.15) is 11.6 Å². The van der Waals surface area contributed by atoms with Gasteiger partial charge in [0.15, 0.2) is 0 Å². The molecule has 2 aromatic rings. The molecular weight excluding hydrogens is 394 g/mol. The lowest BCUT2D eigenvalue weighted by atomic mass is 10.2. The van der Waals surface area contributed by atoms with E-state index in [1.165, 1.54) is 6.07 Å². The van der Waals surface area contributed by atoms with E-state index >= 15 is 0 Å². The number of nitrogens with one attached hydrogen (secondary N) is 2. The van der Waals surface area contributed by atoms with Crippen LogP contribution < -0.4 is 10.6 Å². The maximum atomic E-state index is 14.0. The molecule has 0 unspecified atom stereocenters. The van der Waals surface area contributed by atoms with Crippen molar-refractivity contribution in [2.75, 3.05) is 10.6 Å². The van der Waals surface area contributed by atoms with Crippen molar-refractivity contribution in [3.05, 3.63) is 39.3 Å². The second kappa shape index (κ2) is 6.36. The minimum Gasteiger partial charge on any atom is -0.352 e. The van der Waals surface area contributed by atoms with Crippen LogP contribution in [0.2, 0.25) is 0 Å². The Morgan fingerprint density at radius 3 is 2.64 bits per heavy atom. The molecule has 0 amide bonds. The molecule has 0 saturated heterocycles. The van der Waals surface area contributed by atoms with Crippen LogP contribution in [0.1, 0.15) is 38.3 Å². The highest BCUT2D eigenvalue weighted by Gasteiger charge is 2.26. The van der Waals surface area contributed by atoms with E-state index in [1.54, 1.807) is 6.07 Å². The molecule has 116 valence electrons. The molecule has 0 spiro atoms. The van der Waals surface area contributed by atoms with Gasteiger partial charge in [-0.25, -0.2) is 9.37 Å². The lowest BCUT2D eigenvalue weighted by molar-refractivity contribution is 0.631. The third kappa shape index (κ3) is 3.85. The number of benzene rings is 1. The molecule has 1 saturated carbocycles. The Morgan fingerprint density at radius 2 is 2.00 bits per heavy atom. The van der Waals surface area contributed by atoms with Gasteiger partial charge in [-0.3, -0.25) is 0 Å². The molecule has 2 N–H and O–H groups in total. The number of hydrogen-bond acceptors (Lipinski definition) is 4. The first-order valence-corrected chi connectivity index (χ1v) is 8.47. The van der Waals surface area contributed by atoms with Crippen molar-refractivity contribution in [3.8, 4) is 0 Å². The summed E-state index contributed by atoms with van der Waals surface area (Å²) in [7, 11) is 0. The zero-order valence-electron chi connectivity index (χ0n) is 12.5. The maximum Gasteiger partial charge on any atom is 0.225 e. The number of anilines is 3. The molecule has 1 aromatic heterocycles. The van der Waals surface area contributed by atoms with Gasteiger partial charge in [-0.1, -0.05) is 0 Å².